The summed E-state index contributed by atoms with van der Waals surface area (Å²) in [4.78, 5) is 85.0. The van der Waals surface area contributed by atoms with Crippen molar-refractivity contribution in [1.29, 1.82) is 0 Å². The van der Waals surface area contributed by atoms with E-state index < -0.39 is 76.8 Å². The van der Waals surface area contributed by atoms with E-state index in [1.54, 1.807) is 27.2 Å². The van der Waals surface area contributed by atoms with E-state index in [4.69, 9.17) is 19.4 Å². The molecule has 3 aromatic heterocycles. The Morgan fingerprint density at radius 1 is 1.11 bits per heavy atom. The molecule has 3 fully saturated rings. The number of hydrogen-bond donors (Lipinski definition) is 2. The molecule has 386 valence electrons. The Bertz CT molecular complexity index is 2790. The summed E-state index contributed by atoms with van der Waals surface area (Å²) in [6, 6.07) is 7.08. The summed E-state index contributed by atoms with van der Waals surface area (Å²) in [6.45, 7) is 17.9. The van der Waals surface area contributed by atoms with Crippen LogP contribution in [0.25, 0.3) is 32.7 Å². The smallest absolute Gasteiger partial charge is 0.324 e. The second-order valence-electron chi connectivity index (χ2n) is 21.5. The van der Waals surface area contributed by atoms with Gasteiger partial charge in [-0.05, 0) is 101 Å². The Kier molecular flexibility index (Phi) is 15.3. The first-order valence-corrected chi connectivity index (χ1v) is 26.2. The van der Waals surface area contributed by atoms with Gasteiger partial charge in [0.05, 0.1) is 41.9 Å². The van der Waals surface area contributed by atoms with Crippen molar-refractivity contribution in [2.24, 2.45) is 11.3 Å². The number of ether oxygens (including phenoxy) is 2. The molecular formula is C54H70FN9O7S. The predicted octanol–water partition coefficient (Wildman–Crippen LogP) is 6.11. The van der Waals surface area contributed by atoms with Gasteiger partial charge in [-0.25, -0.2) is 14.8 Å². The number of methoxy groups -OCH3 is 1. The summed E-state index contributed by atoms with van der Waals surface area (Å²) in [6.07, 6.45) is 3.77. The van der Waals surface area contributed by atoms with Crippen LogP contribution in [0.3, 0.4) is 0 Å². The van der Waals surface area contributed by atoms with Gasteiger partial charge in [0.2, 0.25) is 11.6 Å². The molecule has 1 aromatic carbocycles. The number of aryl methyl sites for hydroxylation is 1. The minimum atomic E-state index is -2.45. The molecule has 4 aliphatic heterocycles. The third-order valence-corrected chi connectivity index (χ3v) is 15.7. The number of thiazole rings is 1. The number of carbonyl (C=O) groups excluding carboxylic acids is 5. The second-order valence-corrected chi connectivity index (χ2v) is 22.3. The number of esters is 1. The van der Waals surface area contributed by atoms with Gasteiger partial charge in [0.1, 0.15) is 23.1 Å². The summed E-state index contributed by atoms with van der Waals surface area (Å²) in [5.41, 5.74) is 5.90. The normalized spacial score (nSPS) is 22.6. The van der Waals surface area contributed by atoms with Crippen LogP contribution in [-0.2, 0) is 52.8 Å². The third kappa shape index (κ3) is 10.7. The molecule has 72 heavy (non-hydrogen) atoms. The second kappa shape index (κ2) is 21.0. The van der Waals surface area contributed by atoms with Crippen LogP contribution in [-0.4, -0.2) is 147 Å². The number of pyridine rings is 1. The lowest BCUT2D eigenvalue weighted by Gasteiger charge is -2.41. The number of likely N-dealkylation sites (N-methyl/N-ethyl adjacent to an activating group) is 1. The molecule has 3 saturated heterocycles. The fraction of sp³-hybridized carbons (Fsp3) is 0.574. The number of benzene rings is 1. The van der Waals surface area contributed by atoms with Gasteiger partial charge in [-0.15, -0.1) is 11.3 Å². The van der Waals surface area contributed by atoms with Gasteiger partial charge in [0, 0.05) is 98.7 Å². The number of hydrazine groups is 1. The van der Waals surface area contributed by atoms with E-state index in [1.165, 1.54) is 28.3 Å². The Morgan fingerprint density at radius 3 is 2.57 bits per heavy atom. The lowest BCUT2D eigenvalue weighted by atomic mass is 9.84. The first-order valence-electron chi connectivity index (χ1n) is 25.3. The fourth-order valence-electron chi connectivity index (χ4n) is 10.6. The van der Waals surface area contributed by atoms with Gasteiger partial charge in [-0.1, -0.05) is 33.6 Å². The molecule has 4 aromatic rings. The summed E-state index contributed by atoms with van der Waals surface area (Å²) in [5, 5.41) is 7.91. The zero-order valence-corrected chi connectivity index (χ0v) is 44.2. The number of rotatable bonds is 10. The molecule has 4 aliphatic rings. The number of aromatic nitrogens is 3. The maximum absolute atomic E-state index is 16.8. The zero-order valence-electron chi connectivity index (χ0n) is 43.4. The van der Waals surface area contributed by atoms with Gasteiger partial charge in [0.15, 0.2) is 0 Å². The number of likely N-dealkylation sites (tertiary alicyclic amines) is 2. The number of halogens is 1. The molecule has 0 unspecified atom stereocenters. The van der Waals surface area contributed by atoms with Gasteiger partial charge >= 0.3 is 5.97 Å². The number of nitrogens with one attached hydrogen (secondary N) is 2. The monoisotopic (exact) mass is 1010 g/mol. The van der Waals surface area contributed by atoms with Crippen molar-refractivity contribution in [3.8, 4) is 33.7 Å². The highest BCUT2D eigenvalue weighted by Gasteiger charge is 2.50. The van der Waals surface area contributed by atoms with Crippen LogP contribution in [0.15, 0.2) is 41.9 Å². The van der Waals surface area contributed by atoms with Crippen LogP contribution in [0.5, 0.6) is 0 Å². The molecule has 0 aliphatic carbocycles. The highest BCUT2D eigenvalue weighted by Crippen LogP contribution is 2.42. The van der Waals surface area contributed by atoms with E-state index in [-0.39, 0.29) is 38.6 Å². The maximum Gasteiger partial charge on any atom is 0.324 e. The molecule has 5 atom stereocenters. The minimum absolute atomic E-state index is 0.00435. The van der Waals surface area contributed by atoms with E-state index in [0.29, 0.717) is 31.5 Å². The van der Waals surface area contributed by atoms with E-state index in [0.717, 1.165) is 68.4 Å². The average molecular weight is 1010 g/mol. The van der Waals surface area contributed by atoms with Gasteiger partial charge in [-0.2, -0.15) is 0 Å². The predicted molar refractivity (Wildman–Crippen MR) is 274 cm³/mol. The zero-order chi connectivity index (χ0) is 51.9. The Balaban J connectivity index is 1.10. The van der Waals surface area contributed by atoms with Crippen molar-refractivity contribution in [3.63, 3.8) is 0 Å². The largest absolute Gasteiger partial charge is 0.464 e. The molecule has 0 saturated carbocycles. The van der Waals surface area contributed by atoms with Crippen LogP contribution in [0.4, 0.5) is 4.39 Å². The minimum Gasteiger partial charge on any atom is -0.464 e. The quantitative estimate of drug-likeness (QED) is 0.139. The number of alkyl halides is 1. The number of carbonyl (C=O) groups is 5. The third-order valence-electron chi connectivity index (χ3n) is 14.8. The van der Waals surface area contributed by atoms with Crippen molar-refractivity contribution in [2.75, 3.05) is 53.5 Å². The Hall–Kier alpha value is -5.74. The molecule has 16 nitrogen and oxygen atoms in total. The number of fused-ring (bicyclic) bond motifs is 6. The SMILES string of the molecule is CCn1c(-c2cccnc2[C@H](C)OC)c2c3cc(ccc31)-c1nc(cs1)C[C@H](NC(=O)[C@H](C(C)C)N(C)C(=O)[C@@]1(F)CCN(C(=O)C#CC(C)(C)N3CCC3)C1)C(=O)N1CCC[C@H](N1)C(=O)OCC(C)(C)C2. The van der Waals surface area contributed by atoms with Crippen LogP contribution >= 0.6 is 11.3 Å². The van der Waals surface area contributed by atoms with Crippen molar-refractivity contribution in [3.05, 3.63) is 58.9 Å². The summed E-state index contributed by atoms with van der Waals surface area (Å²) < 4.78 is 31.0. The molecule has 18 heteroatoms. The number of nitrogens with zero attached hydrogens (tertiary/aromatic N) is 7. The highest BCUT2D eigenvalue weighted by molar-refractivity contribution is 7.13. The maximum atomic E-state index is 16.8. The number of hydrogen-bond acceptors (Lipinski definition) is 12. The van der Waals surface area contributed by atoms with Crippen molar-refractivity contribution in [1.82, 2.24) is 45.0 Å². The highest BCUT2D eigenvalue weighted by atomic mass is 32.1. The van der Waals surface area contributed by atoms with Gasteiger partial charge < -0.3 is 29.2 Å². The topological polar surface area (TPSA) is 172 Å². The van der Waals surface area contributed by atoms with Gasteiger partial charge in [-0.3, -0.25) is 38.9 Å². The summed E-state index contributed by atoms with van der Waals surface area (Å²) in [5.74, 6) is 2.05. The van der Waals surface area contributed by atoms with Gasteiger partial charge in [0.25, 0.3) is 17.7 Å². The van der Waals surface area contributed by atoms with Crippen LogP contribution in [0, 0.1) is 23.2 Å². The van der Waals surface area contributed by atoms with Crippen LogP contribution < -0.4 is 10.7 Å². The average Bonchev–Trinajstić information content (AvgIpc) is 4.06. The molecule has 4 amide bonds. The van der Waals surface area contributed by atoms with Crippen molar-refractivity contribution >= 4 is 51.8 Å². The van der Waals surface area contributed by atoms with E-state index in [9.17, 15) is 24.0 Å². The molecular weight excluding hydrogens is 938 g/mol. The summed E-state index contributed by atoms with van der Waals surface area (Å²) in [7, 11) is 3.05. The van der Waals surface area contributed by atoms with Crippen LogP contribution in [0.1, 0.15) is 104 Å². The van der Waals surface area contributed by atoms with E-state index in [1.807, 2.05) is 38.3 Å². The Morgan fingerprint density at radius 2 is 1.88 bits per heavy atom. The van der Waals surface area contributed by atoms with E-state index in [2.05, 4.69) is 71.0 Å². The van der Waals surface area contributed by atoms with Crippen molar-refractivity contribution < 1.29 is 37.8 Å². The number of cyclic esters (lactones) is 1. The molecule has 6 bridgehead atoms. The molecule has 0 spiro atoms. The standard InChI is InChI=1S/C54H70FN9O7S/c1-11-63-42-18-17-35-27-38(42)39(46(63)37-15-12-22-56-44(37)34(4)70-10)29-52(5,6)32-71-50(68)40-16-13-25-64(59-40)49(67)41(28-36-30-72-48(35)57-36)58-47(66)45(33(2)3)60(9)51(69)54(55)21-26-61(31-54)43(65)19-20-53(7,8)62-23-14-24-62/h12,15,17-18,22,27,30,33-34,40-41,45,59H,11,13-14,16,21,23-26,28-29,31-32H2,1-10H3,(H,58,66)/t34-,40-,41-,45-,54+/m0/s1. The number of amides is 4. The summed E-state index contributed by atoms with van der Waals surface area (Å²) >= 11 is 1.43. The molecule has 7 heterocycles. The Labute approximate surface area is 426 Å². The first-order chi connectivity index (χ1) is 34.1. The van der Waals surface area contributed by atoms with Crippen molar-refractivity contribution in [2.45, 2.75) is 136 Å². The van der Waals surface area contributed by atoms with Crippen LogP contribution in [0.2, 0.25) is 0 Å². The first kappa shape index (κ1) is 52.6. The molecule has 0 radical (unpaired) electrons. The van der Waals surface area contributed by atoms with E-state index >= 15 is 4.39 Å². The molecule has 8 rings (SSSR count). The lowest BCUT2D eigenvalue weighted by molar-refractivity contribution is -0.155. The lowest BCUT2D eigenvalue weighted by Crippen LogP contribution is -2.62. The molecule has 2 N–H and O–H groups in total. The fourth-order valence-corrected chi connectivity index (χ4v) is 11.4.